The molecule has 0 aliphatic rings. The number of fused-ring (bicyclic) bond motifs is 2. The van der Waals surface area contributed by atoms with Crippen molar-refractivity contribution in [3.8, 4) is 0 Å². The van der Waals surface area contributed by atoms with Crippen LogP contribution < -0.4 is 10.7 Å². The molecule has 3 rings (SSSR count). The molecule has 0 amide bonds. The van der Waals surface area contributed by atoms with Crippen molar-refractivity contribution in [2.75, 3.05) is 11.9 Å². The second kappa shape index (κ2) is 6.04. The van der Waals surface area contributed by atoms with Crippen LogP contribution in [-0.4, -0.2) is 16.5 Å². The second-order valence-corrected chi connectivity index (χ2v) is 5.17. The fourth-order valence-corrected chi connectivity index (χ4v) is 2.37. The monoisotopic (exact) mass is 313 g/mol. The molecule has 2 aromatic heterocycles. The van der Waals surface area contributed by atoms with E-state index in [1.54, 1.807) is 24.3 Å². The van der Waals surface area contributed by atoms with Gasteiger partial charge in [0.1, 0.15) is 5.58 Å². The molecular weight excluding hydrogens is 298 g/mol. The van der Waals surface area contributed by atoms with E-state index >= 15 is 0 Å². The summed E-state index contributed by atoms with van der Waals surface area (Å²) < 4.78 is 5.63. The Bertz CT molecular complexity index is 949. The third-order valence-corrected chi connectivity index (χ3v) is 3.57. The van der Waals surface area contributed by atoms with Crippen LogP contribution in [0.15, 0.2) is 39.5 Å². The zero-order valence-corrected chi connectivity index (χ0v) is 12.5. The molecule has 0 atom stereocenters. The van der Waals surface area contributed by atoms with Crippen LogP contribution >= 0.6 is 0 Å². The fraction of sp³-hybridized carbons (Fsp3) is 0.250. The molecule has 118 valence electrons. The predicted octanol–water partition coefficient (Wildman–Crippen LogP) is 3.46. The van der Waals surface area contributed by atoms with Gasteiger partial charge in [0.05, 0.1) is 15.7 Å². The number of para-hydroxylation sites is 1. The Kier molecular flexibility index (Phi) is 3.92. The second-order valence-electron chi connectivity index (χ2n) is 5.17. The number of rotatable bonds is 5. The molecule has 1 aromatic carbocycles. The molecule has 0 unspecified atom stereocenters. The molecule has 7 nitrogen and oxygen atoms in total. The smallest absolute Gasteiger partial charge is 0.312 e. The highest BCUT2D eigenvalue weighted by Crippen LogP contribution is 2.27. The minimum Gasteiger partial charge on any atom is -0.437 e. The van der Waals surface area contributed by atoms with E-state index in [1.165, 1.54) is 6.07 Å². The molecule has 0 aliphatic carbocycles. The van der Waals surface area contributed by atoms with Gasteiger partial charge in [0.15, 0.2) is 0 Å². The maximum atomic E-state index is 12.5. The largest absolute Gasteiger partial charge is 0.437 e. The van der Waals surface area contributed by atoms with Gasteiger partial charge in [0.25, 0.3) is 0 Å². The highest BCUT2D eigenvalue weighted by molar-refractivity contribution is 5.90. The van der Waals surface area contributed by atoms with Crippen LogP contribution in [0.1, 0.15) is 19.8 Å². The van der Waals surface area contributed by atoms with Crippen LogP contribution in [0.25, 0.3) is 22.1 Å². The SMILES string of the molecule is CCCCNc1nc2oc3ccccc3c(=O)c2cc1[N+](=O)[O-]. The van der Waals surface area contributed by atoms with Gasteiger partial charge in [-0.3, -0.25) is 14.9 Å². The molecule has 3 aromatic rings. The molecular formula is C16H15N3O4. The van der Waals surface area contributed by atoms with Crippen LogP contribution in [0.4, 0.5) is 11.5 Å². The molecule has 0 saturated heterocycles. The highest BCUT2D eigenvalue weighted by Gasteiger charge is 2.20. The van der Waals surface area contributed by atoms with Gasteiger partial charge in [-0.25, -0.2) is 0 Å². The number of aromatic nitrogens is 1. The van der Waals surface area contributed by atoms with E-state index in [0.29, 0.717) is 17.5 Å². The molecule has 0 bridgehead atoms. The molecule has 0 fully saturated rings. The molecule has 0 saturated carbocycles. The number of nitrogens with one attached hydrogen (secondary N) is 1. The summed E-state index contributed by atoms with van der Waals surface area (Å²) in [6.45, 7) is 2.59. The van der Waals surface area contributed by atoms with Crippen LogP contribution in [0.2, 0.25) is 0 Å². The number of nitrogens with zero attached hydrogens (tertiary/aromatic N) is 2. The van der Waals surface area contributed by atoms with Crippen molar-refractivity contribution < 1.29 is 9.34 Å². The zero-order chi connectivity index (χ0) is 16.4. The Morgan fingerprint density at radius 3 is 2.83 bits per heavy atom. The third-order valence-electron chi connectivity index (χ3n) is 3.57. The van der Waals surface area contributed by atoms with Gasteiger partial charge in [-0.2, -0.15) is 4.98 Å². The van der Waals surface area contributed by atoms with Gasteiger partial charge in [0.2, 0.25) is 17.0 Å². The summed E-state index contributed by atoms with van der Waals surface area (Å²) in [5.74, 6) is 0.120. The van der Waals surface area contributed by atoms with Crippen molar-refractivity contribution >= 4 is 33.6 Å². The number of pyridine rings is 1. The fourth-order valence-electron chi connectivity index (χ4n) is 2.37. The normalized spacial score (nSPS) is 11.0. The average molecular weight is 313 g/mol. The summed E-state index contributed by atoms with van der Waals surface area (Å²) in [4.78, 5) is 27.4. The van der Waals surface area contributed by atoms with Crippen molar-refractivity contribution in [2.45, 2.75) is 19.8 Å². The quantitative estimate of drug-likeness (QED) is 0.335. The summed E-state index contributed by atoms with van der Waals surface area (Å²) in [7, 11) is 0. The van der Waals surface area contributed by atoms with E-state index in [2.05, 4.69) is 10.3 Å². The molecule has 0 spiro atoms. The maximum Gasteiger partial charge on any atom is 0.312 e. The standard InChI is InChI=1S/C16H15N3O4/c1-2-3-8-17-15-12(19(21)22)9-11-14(20)10-6-4-5-7-13(10)23-16(11)18-15/h4-7,9H,2-3,8H2,1H3,(H,17,18). The van der Waals surface area contributed by atoms with E-state index in [-0.39, 0.29) is 28.0 Å². The van der Waals surface area contributed by atoms with Gasteiger partial charge in [0, 0.05) is 12.6 Å². The van der Waals surface area contributed by atoms with Crippen LogP contribution in [0, 0.1) is 10.1 Å². The van der Waals surface area contributed by atoms with Gasteiger partial charge in [-0.05, 0) is 18.6 Å². The van der Waals surface area contributed by atoms with E-state index in [4.69, 9.17) is 4.42 Å². The van der Waals surface area contributed by atoms with Gasteiger partial charge in [-0.1, -0.05) is 25.5 Å². The lowest BCUT2D eigenvalue weighted by molar-refractivity contribution is -0.384. The molecule has 1 N–H and O–H groups in total. The van der Waals surface area contributed by atoms with Gasteiger partial charge >= 0.3 is 5.69 Å². The molecule has 0 aliphatic heterocycles. The lowest BCUT2D eigenvalue weighted by atomic mass is 10.2. The molecule has 23 heavy (non-hydrogen) atoms. The maximum absolute atomic E-state index is 12.5. The number of nitro groups is 1. The summed E-state index contributed by atoms with van der Waals surface area (Å²) in [6, 6.07) is 7.99. The van der Waals surface area contributed by atoms with Crippen LogP contribution in [-0.2, 0) is 0 Å². The Morgan fingerprint density at radius 2 is 2.09 bits per heavy atom. The third kappa shape index (κ3) is 2.73. The highest BCUT2D eigenvalue weighted by atomic mass is 16.6. The van der Waals surface area contributed by atoms with Gasteiger partial charge in [-0.15, -0.1) is 0 Å². The van der Waals surface area contributed by atoms with Crippen LogP contribution in [0.3, 0.4) is 0 Å². The van der Waals surface area contributed by atoms with Crippen molar-refractivity contribution in [3.63, 3.8) is 0 Å². The van der Waals surface area contributed by atoms with Crippen LogP contribution in [0.5, 0.6) is 0 Å². The Balaban J connectivity index is 2.24. The number of hydrogen-bond acceptors (Lipinski definition) is 6. The first-order valence-corrected chi connectivity index (χ1v) is 7.36. The number of benzene rings is 1. The van der Waals surface area contributed by atoms with E-state index in [9.17, 15) is 14.9 Å². The number of unbranched alkanes of at least 4 members (excludes halogenated alkanes) is 1. The van der Waals surface area contributed by atoms with Crippen molar-refractivity contribution in [2.24, 2.45) is 0 Å². The van der Waals surface area contributed by atoms with Crippen molar-refractivity contribution in [1.82, 2.24) is 4.98 Å². The summed E-state index contributed by atoms with van der Waals surface area (Å²) >= 11 is 0. The minimum absolute atomic E-state index is 0.0956. The number of hydrogen-bond donors (Lipinski definition) is 1. The predicted molar refractivity (Wildman–Crippen MR) is 87.8 cm³/mol. The average Bonchev–Trinajstić information content (AvgIpc) is 2.54. The van der Waals surface area contributed by atoms with E-state index < -0.39 is 4.92 Å². The molecule has 2 heterocycles. The lowest BCUT2D eigenvalue weighted by Crippen LogP contribution is -2.09. The Labute approximate surface area is 131 Å². The van der Waals surface area contributed by atoms with E-state index in [0.717, 1.165) is 12.8 Å². The zero-order valence-electron chi connectivity index (χ0n) is 12.5. The lowest BCUT2D eigenvalue weighted by Gasteiger charge is -2.07. The van der Waals surface area contributed by atoms with Gasteiger partial charge < -0.3 is 9.73 Å². The first kappa shape index (κ1) is 15.0. The van der Waals surface area contributed by atoms with E-state index in [1.807, 2.05) is 6.92 Å². The summed E-state index contributed by atoms with van der Waals surface area (Å²) in [5, 5.41) is 14.7. The Hall–Kier alpha value is -2.96. The summed E-state index contributed by atoms with van der Waals surface area (Å²) in [6.07, 6.45) is 1.81. The first-order chi connectivity index (χ1) is 11.1. The molecule has 0 radical (unpaired) electrons. The Morgan fingerprint density at radius 1 is 1.30 bits per heavy atom. The number of anilines is 1. The van der Waals surface area contributed by atoms with Crippen molar-refractivity contribution in [3.05, 3.63) is 50.7 Å². The summed E-state index contributed by atoms with van der Waals surface area (Å²) in [5.41, 5.74) is -0.0436. The topological polar surface area (TPSA) is 98.3 Å². The molecule has 7 heteroatoms. The minimum atomic E-state index is -0.546. The first-order valence-electron chi connectivity index (χ1n) is 7.36. The van der Waals surface area contributed by atoms with Crippen molar-refractivity contribution in [1.29, 1.82) is 0 Å².